The summed E-state index contributed by atoms with van der Waals surface area (Å²) in [6.07, 6.45) is 5.54. The van der Waals surface area contributed by atoms with E-state index >= 15 is 0 Å². The van der Waals surface area contributed by atoms with Crippen LogP contribution < -0.4 is 0 Å². The summed E-state index contributed by atoms with van der Waals surface area (Å²) in [5, 5.41) is 28.6. The lowest BCUT2D eigenvalue weighted by Gasteiger charge is -2.42. The molecule has 3 N–H and O–H groups in total. The van der Waals surface area contributed by atoms with Gasteiger partial charge in [-0.05, 0) is 82.0 Å². The molecule has 0 unspecified atom stereocenters. The maximum Gasteiger partial charge on any atom is 0.455 e. The fourth-order valence-electron chi connectivity index (χ4n) is 6.16. The first kappa shape index (κ1) is 27.4. The van der Waals surface area contributed by atoms with E-state index in [1.807, 2.05) is 19.9 Å². The van der Waals surface area contributed by atoms with Crippen LogP contribution in [0.3, 0.4) is 0 Å². The molecule has 0 radical (unpaired) electrons. The van der Waals surface area contributed by atoms with Gasteiger partial charge in [-0.3, -0.25) is 19.3 Å². The van der Waals surface area contributed by atoms with Crippen molar-refractivity contribution in [1.82, 2.24) is 4.90 Å². The highest BCUT2D eigenvalue weighted by molar-refractivity contribution is 6.43. The molecule has 0 aromatic carbocycles. The molecule has 200 valence electrons. The van der Waals surface area contributed by atoms with E-state index in [0.717, 1.165) is 16.7 Å². The number of rotatable bonds is 11. The van der Waals surface area contributed by atoms with Gasteiger partial charge >= 0.3 is 13.1 Å². The molecule has 4 atom stereocenters. The number of furan rings is 1. The third-order valence-corrected chi connectivity index (χ3v) is 7.84. The lowest BCUT2D eigenvalue weighted by molar-refractivity contribution is -0.141. The number of amides is 2. The Hall–Kier alpha value is -2.69. The number of aliphatic hydroxyl groups excluding tert-OH is 1. The zero-order valence-corrected chi connectivity index (χ0v) is 21.5. The Balaban J connectivity index is 1.43. The molecule has 3 heterocycles. The largest absolute Gasteiger partial charge is 0.481 e. The average molecular weight is 513 g/mol. The summed E-state index contributed by atoms with van der Waals surface area (Å²) in [6, 6.07) is 3.54. The van der Waals surface area contributed by atoms with Gasteiger partial charge in [0.25, 0.3) is 0 Å². The molecule has 2 saturated heterocycles. The van der Waals surface area contributed by atoms with Crippen molar-refractivity contribution in [3.63, 3.8) is 0 Å². The van der Waals surface area contributed by atoms with E-state index in [9.17, 15) is 24.5 Å². The van der Waals surface area contributed by atoms with Crippen molar-refractivity contribution in [1.29, 1.82) is 0 Å². The Morgan fingerprint density at radius 3 is 2.65 bits per heavy atom. The number of aliphatic hydroxyl groups is 1. The molecule has 3 aliphatic rings. The number of carboxylic acid groups (broad SMARTS) is 1. The summed E-state index contributed by atoms with van der Waals surface area (Å²) < 4.78 is 11.5. The minimum atomic E-state index is -1.00. The highest BCUT2D eigenvalue weighted by Gasteiger charge is 2.56. The molecule has 1 aromatic rings. The van der Waals surface area contributed by atoms with Crippen molar-refractivity contribution in [3.05, 3.63) is 40.4 Å². The van der Waals surface area contributed by atoms with Gasteiger partial charge in [-0.2, -0.15) is 0 Å². The van der Waals surface area contributed by atoms with Gasteiger partial charge in [0.05, 0.1) is 17.9 Å². The number of nitrogens with zero attached hydrogens (tertiary/aromatic N) is 1. The highest BCUT2D eigenvalue weighted by atomic mass is 16.5. The van der Waals surface area contributed by atoms with Gasteiger partial charge in [-0.25, -0.2) is 0 Å². The van der Waals surface area contributed by atoms with E-state index in [1.54, 1.807) is 12.1 Å². The second-order valence-electron chi connectivity index (χ2n) is 10.5. The van der Waals surface area contributed by atoms with Crippen LogP contribution in [0.5, 0.6) is 0 Å². The number of fused-ring (bicyclic) bond motifs is 3. The van der Waals surface area contributed by atoms with Crippen LogP contribution in [0, 0.1) is 17.8 Å². The van der Waals surface area contributed by atoms with Crippen LogP contribution in [0.15, 0.2) is 33.3 Å². The molecule has 2 amide bonds. The molecule has 9 nitrogen and oxygen atoms in total. The second kappa shape index (κ2) is 11.8. The Labute approximate surface area is 217 Å². The van der Waals surface area contributed by atoms with Gasteiger partial charge in [-0.1, -0.05) is 17.6 Å². The van der Waals surface area contributed by atoms with Crippen LogP contribution in [-0.4, -0.2) is 57.7 Å². The highest BCUT2D eigenvalue weighted by Crippen LogP contribution is 2.50. The smallest absolute Gasteiger partial charge is 0.455 e. The van der Waals surface area contributed by atoms with Crippen molar-refractivity contribution in [2.75, 3.05) is 6.54 Å². The van der Waals surface area contributed by atoms with Crippen LogP contribution >= 0.6 is 0 Å². The molecule has 0 saturated carbocycles. The molecular formula is C27H36BNO8. The summed E-state index contributed by atoms with van der Waals surface area (Å²) in [6.45, 7) is 4.15. The number of hydrogen-bond donors (Lipinski definition) is 3. The van der Waals surface area contributed by atoms with E-state index in [1.165, 1.54) is 4.90 Å². The van der Waals surface area contributed by atoms with Crippen molar-refractivity contribution in [3.8, 4) is 0 Å². The Bertz CT molecular complexity index is 1090. The van der Waals surface area contributed by atoms with Gasteiger partial charge < -0.3 is 24.3 Å². The van der Waals surface area contributed by atoms with Crippen LogP contribution in [0.2, 0.25) is 6.32 Å². The third kappa shape index (κ3) is 6.08. The summed E-state index contributed by atoms with van der Waals surface area (Å²) in [4.78, 5) is 38.7. The Morgan fingerprint density at radius 1 is 1.16 bits per heavy atom. The zero-order valence-electron chi connectivity index (χ0n) is 21.5. The number of likely N-dealkylation sites (tertiary alicyclic amines) is 1. The van der Waals surface area contributed by atoms with Gasteiger partial charge in [0.1, 0.15) is 18.1 Å². The molecule has 1 aromatic heterocycles. The number of unbranched alkanes of at least 4 members (excludes halogenated alkanes) is 2. The average Bonchev–Trinajstić information content (AvgIpc) is 3.39. The summed E-state index contributed by atoms with van der Waals surface area (Å²) in [5.74, 6) is -1.13. The number of carbonyl (C=O) groups excluding carboxylic acids is 2. The molecule has 1 aliphatic carbocycles. The molecule has 2 fully saturated rings. The summed E-state index contributed by atoms with van der Waals surface area (Å²) in [7, 11) is -1.00. The summed E-state index contributed by atoms with van der Waals surface area (Å²) in [5.41, 5.74) is 3.17. The predicted octanol–water partition coefficient (Wildman–Crippen LogP) is 3.42. The molecular weight excluding hydrogens is 477 g/mol. The topological polar surface area (TPSA) is 138 Å². The molecule has 37 heavy (non-hydrogen) atoms. The lowest BCUT2D eigenvalue weighted by Crippen LogP contribution is -2.46. The molecule has 0 spiro atoms. The van der Waals surface area contributed by atoms with Crippen LogP contribution in [0.4, 0.5) is 0 Å². The minimum absolute atomic E-state index is 0.0842. The van der Waals surface area contributed by atoms with Crippen LogP contribution in [0.1, 0.15) is 70.3 Å². The van der Waals surface area contributed by atoms with Crippen molar-refractivity contribution >= 4 is 31.0 Å². The predicted molar refractivity (Wildman–Crippen MR) is 136 cm³/mol. The summed E-state index contributed by atoms with van der Waals surface area (Å²) >= 11 is 0. The molecule has 0 bridgehead atoms. The van der Waals surface area contributed by atoms with Crippen molar-refractivity contribution in [2.24, 2.45) is 17.8 Å². The fourth-order valence-corrected chi connectivity index (χ4v) is 6.16. The standard InChI is InChI=1S/C27H36BNO8/c1-16(12-18-8-9-19(15-30)36-18)7-10-22-24-17(2)13-20-25(21(24)14-28(35)37-22)27(34)29(26(20)33)11-5-3-4-6-23(31)32/h8-9,12,20-22,25,30,35H,3-7,10-11,13-15H2,1-2H3,(H,31,32)/b16-12+/t20-,21+,22-,25-/m1/s1. The van der Waals surface area contributed by atoms with E-state index in [0.29, 0.717) is 62.9 Å². The quantitative estimate of drug-likeness (QED) is 0.177. The third-order valence-electron chi connectivity index (χ3n) is 7.84. The molecule has 10 heteroatoms. The monoisotopic (exact) mass is 513 g/mol. The van der Waals surface area contributed by atoms with Crippen LogP contribution in [0.25, 0.3) is 6.08 Å². The zero-order chi connectivity index (χ0) is 26.7. The molecule has 2 aliphatic heterocycles. The maximum absolute atomic E-state index is 13.4. The lowest BCUT2D eigenvalue weighted by atomic mass is 9.59. The normalized spacial score (nSPS) is 26.1. The second-order valence-corrected chi connectivity index (χ2v) is 10.5. The van der Waals surface area contributed by atoms with E-state index < -0.39 is 24.9 Å². The fraction of sp³-hybridized carbons (Fsp3) is 0.593. The Kier molecular flexibility index (Phi) is 8.72. The molecule has 4 rings (SSSR count). The van der Waals surface area contributed by atoms with E-state index in [4.69, 9.17) is 14.2 Å². The minimum Gasteiger partial charge on any atom is -0.481 e. The van der Waals surface area contributed by atoms with Crippen LogP contribution in [-0.2, 0) is 25.6 Å². The first-order chi connectivity index (χ1) is 17.7. The number of aliphatic carboxylic acids is 1. The van der Waals surface area contributed by atoms with Crippen molar-refractivity contribution < 1.29 is 38.7 Å². The number of imide groups is 1. The number of hydrogen-bond acceptors (Lipinski definition) is 7. The van der Waals surface area contributed by atoms with Gasteiger partial charge in [0, 0.05) is 13.0 Å². The SMILES string of the molecule is CC1=C2[C@@H](CC/C(C)=C/c3ccc(CO)o3)OB(O)C[C@@H]2[C@@H]2C(=O)N(CCCCCC(=O)O)C(=O)[C@@H]2C1. The number of allylic oxidation sites excluding steroid dienone is 2. The van der Waals surface area contributed by atoms with E-state index in [-0.39, 0.29) is 36.9 Å². The van der Waals surface area contributed by atoms with E-state index in [2.05, 4.69) is 0 Å². The first-order valence-electron chi connectivity index (χ1n) is 13.2. The van der Waals surface area contributed by atoms with Gasteiger partial charge in [0.2, 0.25) is 11.8 Å². The maximum atomic E-state index is 13.4. The van der Waals surface area contributed by atoms with Gasteiger partial charge in [-0.15, -0.1) is 0 Å². The number of carboxylic acids is 1. The van der Waals surface area contributed by atoms with Crippen molar-refractivity contribution in [2.45, 2.75) is 77.8 Å². The first-order valence-corrected chi connectivity index (χ1v) is 13.2. The van der Waals surface area contributed by atoms with Gasteiger partial charge in [0.15, 0.2) is 0 Å². The number of carbonyl (C=O) groups is 3. The Morgan fingerprint density at radius 2 is 1.95 bits per heavy atom.